The average molecular weight is 391 g/mol. The molecule has 2 bridgehead atoms. The number of nitrogens with one attached hydrogen (secondary N) is 2. The Balaban J connectivity index is 1.51. The monoisotopic (exact) mass is 391 g/mol. The van der Waals surface area contributed by atoms with Gasteiger partial charge in [-0.05, 0) is 31.1 Å². The van der Waals surface area contributed by atoms with E-state index >= 15 is 0 Å². The maximum absolute atomic E-state index is 10.4. The van der Waals surface area contributed by atoms with E-state index in [1.54, 1.807) is 0 Å². The van der Waals surface area contributed by atoms with Gasteiger partial charge in [-0.15, -0.1) is 0 Å². The van der Waals surface area contributed by atoms with Gasteiger partial charge in [0.1, 0.15) is 18.3 Å². The van der Waals surface area contributed by atoms with Crippen molar-refractivity contribution in [3.63, 3.8) is 0 Å². The number of anilines is 2. The fraction of sp³-hybridized carbons (Fsp3) is 0.706. The van der Waals surface area contributed by atoms with Gasteiger partial charge in [0.15, 0.2) is 23.2 Å². The molecule has 2 aliphatic carbocycles. The van der Waals surface area contributed by atoms with Crippen molar-refractivity contribution in [1.29, 1.82) is 0 Å². The van der Waals surface area contributed by atoms with Crippen molar-refractivity contribution < 1.29 is 20.1 Å². The minimum Gasteiger partial charge on any atom is -0.394 e. The molecule has 1 aliphatic heterocycles. The quantitative estimate of drug-likeness (QED) is 0.284. The highest BCUT2D eigenvalue weighted by atomic mass is 16.6. The molecule has 3 aliphatic rings. The highest BCUT2D eigenvalue weighted by Crippen LogP contribution is 2.45. The van der Waals surface area contributed by atoms with Crippen molar-refractivity contribution in [2.45, 2.75) is 56.3 Å². The van der Waals surface area contributed by atoms with Crippen molar-refractivity contribution in [3.05, 3.63) is 6.33 Å². The summed E-state index contributed by atoms with van der Waals surface area (Å²) in [5.41, 5.74) is 3.43. The van der Waals surface area contributed by atoms with Gasteiger partial charge in [-0.1, -0.05) is 6.42 Å². The second-order valence-electron chi connectivity index (χ2n) is 8.02. The summed E-state index contributed by atoms with van der Waals surface area (Å²) in [4.78, 5) is 13.2. The van der Waals surface area contributed by atoms with Crippen LogP contribution in [0, 0.1) is 11.8 Å². The van der Waals surface area contributed by atoms with Gasteiger partial charge in [0, 0.05) is 6.04 Å². The number of imidazole rings is 1. The number of nitrogens with two attached hydrogens (primary N) is 1. The predicted octanol–water partition coefficient (Wildman–Crippen LogP) is -0.676. The number of hydrogen-bond donors (Lipinski definition) is 6. The summed E-state index contributed by atoms with van der Waals surface area (Å²) in [6.45, 7) is -0.400. The molecular formula is C17H25N7O4. The first-order chi connectivity index (χ1) is 13.6. The molecule has 11 nitrogen and oxygen atoms in total. The van der Waals surface area contributed by atoms with Crippen molar-refractivity contribution >= 4 is 22.9 Å². The van der Waals surface area contributed by atoms with Crippen LogP contribution in [0.25, 0.3) is 11.2 Å². The Bertz CT molecular complexity index is 877. The van der Waals surface area contributed by atoms with Crippen molar-refractivity contribution in [3.8, 4) is 0 Å². The molecular weight excluding hydrogens is 366 g/mol. The molecule has 3 unspecified atom stereocenters. The first kappa shape index (κ1) is 18.0. The molecule has 1 saturated heterocycles. The van der Waals surface area contributed by atoms with Gasteiger partial charge in [-0.2, -0.15) is 9.97 Å². The van der Waals surface area contributed by atoms with E-state index in [1.807, 2.05) is 0 Å². The molecule has 7 atom stereocenters. The Kier molecular flexibility index (Phi) is 4.36. The van der Waals surface area contributed by atoms with Gasteiger partial charge in [-0.3, -0.25) is 9.99 Å². The lowest BCUT2D eigenvalue weighted by atomic mass is 9.95. The van der Waals surface area contributed by atoms with E-state index in [1.165, 1.54) is 30.2 Å². The van der Waals surface area contributed by atoms with Gasteiger partial charge in [0.2, 0.25) is 5.95 Å². The lowest BCUT2D eigenvalue weighted by Gasteiger charge is -2.23. The molecule has 0 spiro atoms. The highest BCUT2D eigenvalue weighted by Gasteiger charge is 2.44. The Morgan fingerprint density at radius 3 is 2.71 bits per heavy atom. The highest BCUT2D eigenvalue weighted by molar-refractivity contribution is 5.84. The van der Waals surface area contributed by atoms with E-state index < -0.39 is 31.1 Å². The van der Waals surface area contributed by atoms with E-state index in [9.17, 15) is 15.3 Å². The summed E-state index contributed by atoms with van der Waals surface area (Å²) in [6.07, 6.45) is 2.18. The smallest absolute Gasteiger partial charge is 0.241 e. The topological polar surface area (TPSA) is 164 Å². The number of rotatable bonds is 5. The lowest BCUT2D eigenvalue weighted by molar-refractivity contribution is -0.0511. The van der Waals surface area contributed by atoms with E-state index in [0.29, 0.717) is 28.9 Å². The maximum Gasteiger partial charge on any atom is 0.241 e. The first-order valence-electron chi connectivity index (χ1n) is 9.69. The summed E-state index contributed by atoms with van der Waals surface area (Å²) < 4.78 is 7.15. The molecule has 2 aromatic heterocycles. The minimum absolute atomic E-state index is 0.214. The van der Waals surface area contributed by atoms with Crippen LogP contribution in [0.4, 0.5) is 11.8 Å². The molecule has 0 aromatic carbocycles. The number of nitrogen functional groups attached to an aromatic ring is 1. The number of ether oxygens (including phenoxy) is 1. The third-order valence-electron chi connectivity index (χ3n) is 6.40. The molecule has 2 saturated carbocycles. The Morgan fingerprint density at radius 2 is 2.07 bits per heavy atom. The number of hydrogen-bond acceptors (Lipinski definition) is 10. The second kappa shape index (κ2) is 6.78. The normalized spacial score (nSPS) is 37.1. The number of aromatic nitrogens is 4. The third kappa shape index (κ3) is 2.73. The fourth-order valence-electron chi connectivity index (χ4n) is 4.97. The van der Waals surface area contributed by atoms with Gasteiger partial charge < -0.3 is 25.4 Å². The van der Waals surface area contributed by atoms with Gasteiger partial charge in [0.05, 0.1) is 12.9 Å². The van der Waals surface area contributed by atoms with E-state index in [-0.39, 0.29) is 5.95 Å². The number of hydrazine groups is 1. The largest absolute Gasteiger partial charge is 0.394 e. The maximum atomic E-state index is 10.4. The van der Waals surface area contributed by atoms with Crippen LogP contribution in [0.2, 0.25) is 0 Å². The minimum atomic E-state index is -1.22. The summed E-state index contributed by atoms with van der Waals surface area (Å²) >= 11 is 0. The molecule has 2 aromatic rings. The molecule has 152 valence electrons. The molecule has 7 N–H and O–H groups in total. The van der Waals surface area contributed by atoms with Crippen LogP contribution in [0.5, 0.6) is 0 Å². The zero-order chi connectivity index (χ0) is 19.4. The third-order valence-corrected chi connectivity index (χ3v) is 6.40. The summed E-state index contributed by atoms with van der Waals surface area (Å²) in [5, 5.41) is 33.3. The average Bonchev–Trinajstić information content (AvgIpc) is 3.47. The van der Waals surface area contributed by atoms with Gasteiger partial charge in [0.25, 0.3) is 0 Å². The molecule has 0 radical (unpaired) electrons. The Morgan fingerprint density at radius 1 is 1.21 bits per heavy atom. The predicted molar refractivity (Wildman–Crippen MR) is 99.0 cm³/mol. The number of fused-ring (bicyclic) bond motifs is 3. The van der Waals surface area contributed by atoms with Crippen LogP contribution >= 0.6 is 0 Å². The summed E-state index contributed by atoms with van der Waals surface area (Å²) in [7, 11) is 0. The zero-order valence-corrected chi connectivity index (χ0v) is 15.3. The molecule has 3 fully saturated rings. The Labute approximate surface area is 160 Å². The van der Waals surface area contributed by atoms with Crippen molar-refractivity contribution in [2.75, 3.05) is 17.3 Å². The first-order valence-corrected chi connectivity index (χ1v) is 9.69. The van der Waals surface area contributed by atoms with E-state index in [4.69, 9.17) is 10.6 Å². The van der Waals surface area contributed by atoms with Crippen LogP contribution in [-0.2, 0) is 4.74 Å². The molecule has 3 heterocycles. The fourth-order valence-corrected chi connectivity index (χ4v) is 4.97. The van der Waals surface area contributed by atoms with E-state index in [2.05, 4.69) is 25.7 Å². The number of aliphatic hydroxyl groups is 3. The SMILES string of the molecule is NNc1nc(NC2CC3CCC2C3)c2ncn([C@@H]3O[C@H](CO)[C@H](O)[C@@H]3O)c2n1. The molecule has 28 heavy (non-hydrogen) atoms. The van der Waals surface area contributed by atoms with E-state index in [0.717, 1.165) is 12.3 Å². The van der Waals surface area contributed by atoms with Crippen LogP contribution in [0.3, 0.4) is 0 Å². The lowest BCUT2D eigenvalue weighted by Crippen LogP contribution is -2.33. The van der Waals surface area contributed by atoms with Gasteiger partial charge >= 0.3 is 0 Å². The van der Waals surface area contributed by atoms with Crippen LogP contribution in [-0.4, -0.2) is 65.8 Å². The van der Waals surface area contributed by atoms with Crippen LogP contribution in [0.1, 0.15) is 31.9 Å². The standard InChI is InChI=1S/C17H25N7O4/c18-23-17-21-14(20-9-4-7-1-2-8(9)3-7)11-15(22-17)24(6-19-11)16-13(27)12(26)10(5-25)28-16/h6-10,12-13,16,25-27H,1-5,18H2,(H2,20,21,22,23)/t7?,8?,9?,10-,12+,13+,16-/m1/s1. The molecule has 11 heteroatoms. The molecule has 5 rings (SSSR count). The summed E-state index contributed by atoms with van der Waals surface area (Å²) in [5.74, 6) is 7.78. The van der Waals surface area contributed by atoms with Crippen LogP contribution < -0.4 is 16.6 Å². The number of nitrogens with zero attached hydrogens (tertiary/aromatic N) is 4. The Hall–Kier alpha value is -2.05. The zero-order valence-electron chi connectivity index (χ0n) is 15.3. The van der Waals surface area contributed by atoms with Gasteiger partial charge in [-0.25, -0.2) is 10.8 Å². The summed E-state index contributed by atoms with van der Waals surface area (Å²) in [6, 6.07) is 0.349. The van der Waals surface area contributed by atoms with Crippen LogP contribution in [0.15, 0.2) is 6.33 Å². The van der Waals surface area contributed by atoms with Crippen molar-refractivity contribution in [1.82, 2.24) is 19.5 Å². The number of aliphatic hydroxyl groups excluding tert-OH is 3. The van der Waals surface area contributed by atoms with Crippen molar-refractivity contribution in [2.24, 2.45) is 17.7 Å². The molecule has 0 amide bonds. The second-order valence-corrected chi connectivity index (χ2v) is 8.02.